The van der Waals surface area contributed by atoms with Crippen LogP contribution in [0.25, 0.3) is 0 Å². The van der Waals surface area contributed by atoms with Crippen LogP contribution in [0.1, 0.15) is 35.2 Å². The van der Waals surface area contributed by atoms with Crippen LogP contribution in [0.2, 0.25) is 0 Å². The number of alkyl halides is 3. The van der Waals surface area contributed by atoms with E-state index in [9.17, 15) is 18.0 Å². The van der Waals surface area contributed by atoms with Gasteiger partial charge in [0.2, 0.25) is 0 Å². The molecule has 1 aromatic carbocycles. The fraction of sp³-hybridized carbons (Fsp3) is 0.562. The van der Waals surface area contributed by atoms with Crippen LogP contribution in [0.15, 0.2) is 18.2 Å². The van der Waals surface area contributed by atoms with E-state index in [1.807, 2.05) is 0 Å². The van der Waals surface area contributed by atoms with Crippen molar-refractivity contribution < 1.29 is 18.0 Å². The lowest BCUT2D eigenvalue weighted by Gasteiger charge is -2.44. The molecule has 0 bridgehead atoms. The molecule has 126 valence electrons. The summed E-state index contributed by atoms with van der Waals surface area (Å²) >= 11 is 0. The predicted octanol–water partition coefficient (Wildman–Crippen LogP) is 2.60. The van der Waals surface area contributed by atoms with E-state index in [-0.39, 0.29) is 11.3 Å². The lowest BCUT2D eigenvalue weighted by molar-refractivity contribution is -0.137. The number of benzene rings is 1. The zero-order valence-corrected chi connectivity index (χ0v) is 12.8. The second-order valence-electron chi connectivity index (χ2n) is 6.24. The van der Waals surface area contributed by atoms with Gasteiger partial charge >= 0.3 is 6.18 Å². The van der Waals surface area contributed by atoms with E-state index in [1.54, 1.807) is 4.90 Å². The monoisotopic (exact) mass is 327 g/mol. The molecule has 4 nitrogen and oxygen atoms in total. The summed E-state index contributed by atoms with van der Waals surface area (Å²) in [6.45, 7) is 2.91. The number of nitrogens with two attached hydrogens (primary N) is 1. The van der Waals surface area contributed by atoms with Crippen molar-refractivity contribution in [3.63, 3.8) is 0 Å². The molecule has 0 spiro atoms. The fourth-order valence-electron chi connectivity index (χ4n) is 3.43. The minimum absolute atomic E-state index is 0.0518. The largest absolute Gasteiger partial charge is 0.416 e. The van der Waals surface area contributed by atoms with Crippen LogP contribution in [-0.4, -0.2) is 47.9 Å². The Morgan fingerprint density at radius 3 is 2.70 bits per heavy atom. The van der Waals surface area contributed by atoms with Gasteiger partial charge in [-0.2, -0.15) is 13.2 Å². The molecule has 1 unspecified atom stereocenters. The average molecular weight is 327 g/mol. The van der Waals surface area contributed by atoms with Gasteiger partial charge in [-0.05, 0) is 37.6 Å². The second kappa shape index (κ2) is 6.03. The molecule has 2 fully saturated rings. The molecule has 2 saturated heterocycles. The van der Waals surface area contributed by atoms with Crippen LogP contribution in [0, 0.1) is 0 Å². The van der Waals surface area contributed by atoms with Crippen molar-refractivity contribution in [3.05, 3.63) is 29.3 Å². The number of halogens is 3. The van der Waals surface area contributed by atoms with Crippen molar-refractivity contribution >= 4 is 11.6 Å². The normalized spacial score (nSPS) is 22.7. The standard InChI is InChI=1S/C16H20F3N3O/c17-16(18,19)11-4-5-14(20)13(9-11)15(23)22-8-7-21-6-2-1-3-12(21)10-22/h4-5,9,12H,1-3,6-8,10,20H2. The molecular formula is C16H20F3N3O. The molecule has 2 aliphatic heterocycles. The summed E-state index contributed by atoms with van der Waals surface area (Å²) in [6, 6.07) is 3.25. The molecule has 0 aliphatic carbocycles. The lowest BCUT2D eigenvalue weighted by atomic mass is 9.98. The summed E-state index contributed by atoms with van der Waals surface area (Å²) in [5.41, 5.74) is 4.95. The Kier molecular flexibility index (Phi) is 4.23. The number of amides is 1. The minimum atomic E-state index is -4.48. The highest BCUT2D eigenvalue weighted by Gasteiger charge is 2.34. The maximum absolute atomic E-state index is 12.9. The number of fused-ring (bicyclic) bond motifs is 1. The van der Waals surface area contributed by atoms with Crippen molar-refractivity contribution in [2.24, 2.45) is 0 Å². The maximum Gasteiger partial charge on any atom is 0.416 e. The van der Waals surface area contributed by atoms with E-state index >= 15 is 0 Å². The van der Waals surface area contributed by atoms with Gasteiger partial charge in [0.05, 0.1) is 11.1 Å². The quantitative estimate of drug-likeness (QED) is 0.807. The second-order valence-corrected chi connectivity index (χ2v) is 6.24. The number of hydrogen-bond acceptors (Lipinski definition) is 3. The number of carbonyl (C=O) groups excluding carboxylic acids is 1. The first-order valence-corrected chi connectivity index (χ1v) is 7.86. The van der Waals surface area contributed by atoms with Crippen LogP contribution in [0.3, 0.4) is 0 Å². The van der Waals surface area contributed by atoms with Crippen LogP contribution in [0.4, 0.5) is 18.9 Å². The smallest absolute Gasteiger partial charge is 0.398 e. The Morgan fingerprint density at radius 2 is 1.96 bits per heavy atom. The van der Waals surface area contributed by atoms with E-state index in [2.05, 4.69) is 4.90 Å². The van der Waals surface area contributed by atoms with Gasteiger partial charge < -0.3 is 10.6 Å². The molecule has 1 atom stereocenters. The minimum Gasteiger partial charge on any atom is -0.398 e. The summed E-state index contributed by atoms with van der Waals surface area (Å²) < 4.78 is 38.6. The van der Waals surface area contributed by atoms with Gasteiger partial charge in [-0.1, -0.05) is 6.42 Å². The third-order valence-electron chi connectivity index (χ3n) is 4.74. The van der Waals surface area contributed by atoms with Crippen LogP contribution in [-0.2, 0) is 6.18 Å². The van der Waals surface area contributed by atoms with Gasteiger partial charge in [-0.25, -0.2) is 0 Å². The highest BCUT2D eigenvalue weighted by molar-refractivity contribution is 5.99. The molecule has 2 heterocycles. The number of rotatable bonds is 1. The Morgan fingerprint density at radius 1 is 1.17 bits per heavy atom. The van der Waals surface area contributed by atoms with Gasteiger partial charge in [-0.3, -0.25) is 9.69 Å². The summed E-state index contributed by atoms with van der Waals surface area (Å²) in [7, 11) is 0. The first-order chi connectivity index (χ1) is 10.9. The molecule has 23 heavy (non-hydrogen) atoms. The van der Waals surface area contributed by atoms with E-state index in [0.717, 1.165) is 44.1 Å². The van der Waals surface area contributed by atoms with Gasteiger partial charge in [0.15, 0.2) is 0 Å². The lowest BCUT2D eigenvalue weighted by Crippen LogP contribution is -2.56. The van der Waals surface area contributed by atoms with Crippen molar-refractivity contribution in [3.8, 4) is 0 Å². The number of piperazine rings is 1. The summed E-state index contributed by atoms with van der Waals surface area (Å²) in [5, 5.41) is 0. The van der Waals surface area contributed by atoms with Gasteiger partial charge in [0.1, 0.15) is 0 Å². The number of carbonyl (C=O) groups is 1. The van der Waals surface area contributed by atoms with Crippen molar-refractivity contribution in [2.75, 3.05) is 31.9 Å². The van der Waals surface area contributed by atoms with E-state index in [4.69, 9.17) is 5.73 Å². The summed E-state index contributed by atoms with van der Waals surface area (Å²) in [6.07, 6.45) is -1.15. The van der Waals surface area contributed by atoms with Crippen LogP contribution < -0.4 is 5.73 Å². The molecule has 7 heteroatoms. The summed E-state index contributed by atoms with van der Waals surface area (Å²) in [5.74, 6) is -0.404. The molecule has 0 aromatic heterocycles. The first-order valence-electron chi connectivity index (χ1n) is 7.86. The maximum atomic E-state index is 12.9. The van der Waals surface area contributed by atoms with E-state index in [1.165, 1.54) is 6.42 Å². The van der Waals surface area contributed by atoms with Gasteiger partial charge in [0, 0.05) is 31.4 Å². The predicted molar refractivity (Wildman–Crippen MR) is 81.0 cm³/mol. The van der Waals surface area contributed by atoms with Crippen molar-refractivity contribution in [2.45, 2.75) is 31.5 Å². The molecule has 0 saturated carbocycles. The third-order valence-corrected chi connectivity index (χ3v) is 4.74. The van der Waals surface area contributed by atoms with Crippen molar-refractivity contribution in [1.29, 1.82) is 0 Å². The molecule has 2 aliphatic rings. The first kappa shape index (κ1) is 16.1. The van der Waals surface area contributed by atoms with Gasteiger partial charge in [-0.15, -0.1) is 0 Å². The molecule has 1 aromatic rings. The SMILES string of the molecule is Nc1ccc(C(F)(F)F)cc1C(=O)N1CCN2CCCCC2C1. The van der Waals surface area contributed by atoms with E-state index < -0.39 is 17.6 Å². The number of piperidine rings is 1. The van der Waals surface area contributed by atoms with E-state index in [0.29, 0.717) is 19.1 Å². The molecule has 3 rings (SSSR count). The Bertz CT molecular complexity index is 603. The topological polar surface area (TPSA) is 49.6 Å². The third kappa shape index (κ3) is 3.29. The number of nitrogens with zero attached hydrogens (tertiary/aromatic N) is 2. The fourth-order valence-corrected chi connectivity index (χ4v) is 3.43. The van der Waals surface area contributed by atoms with Crippen LogP contribution >= 0.6 is 0 Å². The molecular weight excluding hydrogens is 307 g/mol. The zero-order valence-electron chi connectivity index (χ0n) is 12.8. The number of anilines is 1. The highest BCUT2D eigenvalue weighted by atomic mass is 19.4. The molecule has 1 amide bonds. The van der Waals surface area contributed by atoms with Gasteiger partial charge in [0.25, 0.3) is 5.91 Å². The zero-order chi connectivity index (χ0) is 16.6. The molecule has 2 N–H and O–H groups in total. The highest BCUT2D eigenvalue weighted by Crippen LogP contribution is 2.32. The Balaban J connectivity index is 1.80. The Labute approximate surface area is 133 Å². The van der Waals surface area contributed by atoms with Crippen LogP contribution in [0.5, 0.6) is 0 Å². The summed E-state index contributed by atoms with van der Waals surface area (Å²) in [4.78, 5) is 16.6. The Hall–Kier alpha value is -1.76. The number of nitrogen functional groups attached to an aromatic ring is 1. The van der Waals surface area contributed by atoms with Crippen molar-refractivity contribution in [1.82, 2.24) is 9.80 Å². The molecule has 0 radical (unpaired) electrons. The average Bonchev–Trinajstić information content (AvgIpc) is 2.53. The number of hydrogen-bond donors (Lipinski definition) is 1.